The first-order valence-corrected chi connectivity index (χ1v) is 10.2. The van der Waals surface area contributed by atoms with Crippen LogP contribution in [0.25, 0.3) is 0 Å². The zero-order valence-electron chi connectivity index (χ0n) is 18.2. The van der Waals surface area contributed by atoms with Gasteiger partial charge < -0.3 is 20.1 Å². The number of nitrogens with zero attached hydrogens (tertiary/aromatic N) is 2. The lowest BCUT2D eigenvalue weighted by Gasteiger charge is -2.14. The van der Waals surface area contributed by atoms with Gasteiger partial charge in [0.1, 0.15) is 5.82 Å². The zero-order chi connectivity index (χ0) is 21.8. The first-order chi connectivity index (χ1) is 14.6. The van der Waals surface area contributed by atoms with Crippen molar-refractivity contribution in [2.24, 2.45) is 4.99 Å². The lowest BCUT2D eigenvalue weighted by Crippen LogP contribution is -2.38. The highest BCUT2D eigenvalue weighted by Crippen LogP contribution is 2.28. The van der Waals surface area contributed by atoms with Gasteiger partial charge >= 0.3 is 0 Å². The second kappa shape index (κ2) is 14.5. The van der Waals surface area contributed by atoms with Gasteiger partial charge in [0.2, 0.25) is 0 Å². The fourth-order valence-electron chi connectivity index (χ4n) is 2.85. The van der Waals surface area contributed by atoms with E-state index in [1.54, 1.807) is 0 Å². The van der Waals surface area contributed by atoms with Crippen LogP contribution >= 0.6 is 24.0 Å². The normalized spacial score (nSPS) is 10.6. The van der Waals surface area contributed by atoms with Crippen LogP contribution in [0.4, 0.5) is 4.39 Å². The van der Waals surface area contributed by atoms with Gasteiger partial charge in [0, 0.05) is 18.7 Å². The van der Waals surface area contributed by atoms with E-state index in [1.807, 2.05) is 45.0 Å². The van der Waals surface area contributed by atoms with E-state index >= 15 is 0 Å². The lowest BCUT2D eigenvalue weighted by molar-refractivity contribution is 0.287. The fourth-order valence-corrected chi connectivity index (χ4v) is 2.85. The molecule has 0 aliphatic rings. The van der Waals surface area contributed by atoms with Gasteiger partial charge in [0.15, 0.2) is 17.5 Å². The molecule has 0 bridgehead atoms. The highest BCUT2D eigenvalue weighted by Gasteiger charge is 2.07. The number of nitriles is 1. The minimum Gasteiger partial charge on any atom is -0.490 e. The van der Waals surface area contributed by atoms with Crippen molar-refractivity contribution < 1.29 is 13.9 Å². The molecule has 0 radical (unpaired) electrons. The molecule has 0 atom stereocenters. The average Bonchev–Trinajstić information content (AvgIpc) is 2.75. The Balaban J connectivity index is 0.00000480. The van der Waals surface area contributed by atoms with Crippen molar-refractivity contribution in [1.29, 1.82) is 5.26 Å². The van der Waals surface area contributed by atoms with E-state index in [4.69, 9.17) is 14.7 Å². The molecule has 0 aliphatic heterocycles. The van der Waals surface area contributed by atoms with E-state index in [0.717, 1.165) is 23.5 Å². The number of aliphatic imine (C=N–C) groups is 1. The van der Waals surface area contributed by atoms with Crippen LogP contribution in [-0.2, 0) is 13.0 Å². The summed E-state index contributed by atoms with van der Waals surface area (Å²) in [5.74, 6) is 1.71. The molecule has 168 valence electrons. The first-order valence-electron chi connectivity index (χ1n) is 10.2. The largest absolute Gasteiger partial charge is 0.490 e. The molecule has 2 N–H and O–H groups in total. The Morgan fingerprint density at radius 3 is 2.45 bits per heavy atom. The Morgan fingerprint density at radius 1 is 1.03 bits per heavy atom. The molecular weight excluding hydrogens is 510 g/mol. The summed E-state index contributed by atoms with van der Waals surface area (Å²) in [5, 5.41) is 15.4. The summed E-state index contributed by atoms with van der Waals surface area (Å²) >= 11 is 0. The second-order valence-corrected chi connectivity index (χ2v) is 6.44. The molecule has 2 rings (SSSR count). The van der Waals surface area contributed by atoms with Gasteiger partial charge in [-0.15, -0.1) is 24.0 Å². The van der Waals surface area contributed by atoms with Crippen LogP contribution in [0.5, 0.6) is 11.5 Å². The lowest BCUT2D eigenvalue weighted by atomic mass is 10.1. The second-order valence-electron chi connectivity index (χ2n) is 6.44. The number of ether oxygens (including phenoxy) is 2. The van der Waals surface area contributed by atoms with Crippen molar-refractivity contribution in [2.75, 3.05) is 26.3 Å². The van der Waals surface area contributed by atoms with E-state index in [1.165, 1.54) is 18.2 Å². The molecule has 2 aromatic rings. The van der Waals surface area contributed by atoms with E-state index in [9.17, 15) is 4.39 Å². The van der Waals surface area contributed by atoms with E-state index < -0.39 is 0 Å². The number of hydrogen-bond donors (Lipinski definition) is 2. The summed E-state index contributed by atoms with van der Waals surface area (Å²) in [6.45, 7) is 8.49. The third kappa shape index (κ3) is 8.61. The van der Waals surface area contributed by atoms with Crippen LogP contribution in [0, 0.1) is 17.1 Å². The molecule has 0 saturated carbocycles. The molecule has 0 aliphatic carbocycles. The number of hydrogen-bond acceptors (Lipinski definition) is 4. The smallest absolute Gasteiger partial charge is 0.191 e. The summed E-state index contributed by atoms with van der Waals surface area (Å²) in [5.41, 5.74) is 1.91. The molecule has 0 unspecified atom stereocenters. The van der Waals surface area contributed by atoms with E-state index in [-0.39, 0.29) is 36.3 Å². The van der Waals surface area contributed by atoms with Crippen LogP contribution < -0.4 is 20.1 Å². The van der Waals surface area contributed by atoms with Gasteiger partial charge in [-0.3, -0.25) is 0 Å². The van der Waals surface area contributed by atoms with Crippen molar-refractivity contribution in [3.63, 3.8) is 0 Å². The molecule has 0 amide bonds. The maximum Gasteiger partial charge on any atom is 0.191 e. The van der Waals surface area contributed by atoms with Crippen LogP contribution in [0.2, 0.25) is 0 Å². The third-order valence-corrected chi connectivity index (χ3v) is 4.24. The van der Waals surface area contributed by atoms with Gasteiger partial charge in [0.25, 0.3) is 0 Å². The van der Waals surface area contributed by atoms with Crippen molar-refractivity contribution in [3.8, 4) is 17.6 Å². The van der Waals surface area contributed by atoms with Crippen molar-refractivity contribution in [2.45, 2.75) is 33.7 Å². The average molecular weight is 540 g/mol. The zero-order valence-corrected chi connectivity index (χ0v) is 20.5. The van der Waals surface area contributed by atoms with Gasteiger partial charge in [-0.25, -0.2) is 9.38 Å². The molecule has 0 saturated heterocycles. The van der Waals surface area contributed by atoms with Crippen LogP contribution in [-0.4, -0.2) is 32.3 Å². The van der Waals surface area contributed by atoms with Crippen molar-refractivity contribution in [3.05, 3.63) is 58.9 Å². The first kappa shape index (κ1) is 26.5. The van der Waals surface area contributed by atoms with Crippen LogP contribution in [0.15, 0.2) is 41.4 Å². The number of nitrogens with one attached hydrogen (secondary N) is 2. The molecule has 0 spiro atoms. The summed E-state index contributed by atoms with van der Waals surface area (Å²) in [6, 6.07) is 12.2. The Kier molecular flexibility index (Phi) is 12.4. The maximum absolute atomic E-state index is 14.0. The predicted molar refractivity (Wildman–Crippen MR) is 132 cm³/mol. The summed E-state index contributed by atoms with van der Waals surface area (Å²) < 4.78 is 25.2. The van der Waals surface area contributed by atoms with Crippen LogP contribution in [0.3, 0.4) is 0 Å². The summed E-state index contributed by atoms with van der Waals surface area (Å²) in [6.07, 6.45) is 0.759. The summed E-state index contributed by atoms with van der Waals surface area (Å²) in [7, 11) is 0. The van der Waals surface area contributed by atoms with E-state index in [0.29, 0.717) is 43.4 Å². The number of guanidine groups is 1. The third-order valence-electron chi connectivity index (χ3n) is 4.24. The molecule has 0 aromatic heterocycles. The molecule has 31 heavy (non-hydrogen) atoms. The SMILES string of the molecule is CCNC(=NCc1cc(C#N)ccc1F)NCCc1ccc(OCC)c(OCC)c1.I. The fraction of sp³-hybridized carbons (Fsp3) is 0.391. The van der Waals surface area contributed by atoms with Gasteiger partial charge in [-0.2, -0.15) is 5.26 Å². The van der Waals surface area contributed by atoms with Crippen molar-refractivity contribution >= 4 is 29.9 Å². The standard InChI is InChI=1S/C23H29FN4O2.HI/c1-4-26-23(28-16-19-13-18(15-25)7-9-20(19)24)27-12-11-17-8-10-21(29-5-2)22(14-17)30-6-3;/h7-10,13-14H,4-6,11-12,16H2,1-3H3,(H2,26,27,28);1H. The van der Waals surface area contributed by atoms with Gasteiger partial charge in [-0.1, -0.05) is 6.07 Å². The monoisotopic (exact) mass is 540 g/mol. The minimum absolute atomic E-state index is 0. The number of halogens is 2. The van der Waals surface area contributed by atoms with Gasteiger partial charge in [0.05, 0.1) is 31.4 Å². The van der Waals surface area contributed by atoms with Crippen molar-refractivity contribution in [1.82, 2.24) is 10.6 Å². The Morgan fingerprint density at radius 2 is 1.77 bits per heavy atom. The molecule has 0 heterocycles. The quantitative estimate of drug-likeness (QED) is 0.265. The molecular formula is C23H30FIN4O2. The molecule has 0 fully saturated rings. The number of rotatable bonds is 10. The Labute approximate surface area is 200 Å². The van der Waals surface area contributed by atoms with Gasteiger partial charge in [-0.05, 0) is 63.1 Å². The number of benzene rings is 2. The molecule has 6 nitrogen and oxygen atoms in total. The minimum atomic E-state index is -0.369. The topological polar surface area (TPSA) is 78.7 Å². The predicted octanol–water partition coefficient (Wildman–Crippen LogP) is 4.41. The highest BCUT2D eigenvalue weighted by molar-refractivity contribution is 14.0. The highest BCUT2D eigenvalue weighted by atomic mass is 127. The maximum atomic E-state index is 14.0. The van der Waals surface area contributed by atoms with Crippen LogP contribution in [0.1, 0.15) is 37.5 Å². The molecule has 2 aromatic carbocycles. The Bertz CT molecular complexity index is 900. The molecule has 8 heteroatoms. The van der Waals surface area contributed by atoms with E-state index in [2.05, 4.69) is 15.6 Å². The summed E-state index contributed by atoms with van der Waals surface area (Å²) in [4.78, 5) is 4.44. The Hall–Kier alpha value is -2.54.